The second-order valence-electron chi connectivity index (χ2n) is 7.74. The van der Waals surface area contributed by atoms with Gasteiger partial charge in [0.05, 0.1) is 26.0 Å². The van der Waals surface area contributed by atoms with E-state index in [-0.39, 0.29) is 11.8 Å². The Morgan fingerprint density at radius 1 is 0.875 bits per heavy atom. The van der Waals surface area contributed by atoms with E-state index >= 15 is 0 Å². The zero-order valence-electron chi connectivity index (χ0n) is 18.0. The van der Waals surface area contributed by atoms with Gasteiger partial charge in [-0.2, -0.15) is 5.10 Å². The number of para-hydroxylation sites is 2. The summed E-state index contributed by atoms with van der Waals surface area (Å²) in [6, 6.07) is 27.6. The fraction of sp³-hybridized carbons (Fsp3) is 0.148. The quantitative estimate of drug-likeness (QED) is 0.432. The molecule has 1 unspecified atom stereocenters. The van der Waals surface area contributed by atoms with Gasteiger partial charge in [0.1, 0.15) is 22.9 Å². The van der Waals surface area contributed by atoms with Crippen LogP contribution in [0.25, 0.3) is 10.8 Å². The van der Waals surface area contributed by atoms with Gasteiger partial charge in [-0.1, -0.05) is 54.6 Å². The molecule has 1 heterocycles. The van der Waals surface area contributed by atoms with Gasteiger partial charge in [0.25, 0.3) is 0 Å². The van der Waals surface area contributed by atoms with E-state index in [2.05, 4.69) is 6.07 Å². The van der Waals surface area contributed by atoms with Crippen LogP contribution >= 0.6 is 0 Å². The molecule has 5 nitrogen and oxygen atoms in total. The standard InChI is InChI=1S/C27H24N2O3/c1-31-20-10-7-9-19(16-20)25-17-23(28-29(25)24-12-5-6-13-26(24)32-2)22-15-14-18-8-3-4-11-21(18)27(22)30/h3-16,25,30H,17H2,1-2H3. The summed E-state index contributed by atoms with van der Waals surface area (Å²) < 4.78 is 11.1. The average molecular weight is 425 g/mol. The first kappa shape index (κ1) is 19.9. The molecule has 0 radical (unpaired) electrons. The largest absolute Gasteiger partial charge is 0.507 e. The van der Waals surface area contributed by atoms with Gasteiger partial charge in [0, 0.05) is 17.4 Å². The van der Waals surface area contributed by atoms with E-state index in [9.17, 15) is 5.11 Å². The molecule has 0 aromatic heterocycles. The molecule has 4 aromatic carbocycles. The normalized spacial score (nSPS) is 15.6. The topological polar surface area (TPSA) is 54.3 Å². The third kappa shape index (κ3) is 3.42. The highest BCUT2D eigenvalue weighted by Gasteiger charge is 2.32. The molecule has 1 aliphatic rings. The molecule has 0 spiro atoms. The maximum atomic E-state index is 11.1. The van der Waals surface area contributed by atoms with Crippen molar-refractivity contribution in [2.75, 3.05) is 19.2 Å². The lowest BCUT2D eigenvalue weighted by molar-refractivity contribution is 0.412. The molecule has 1 N–H and O–H groups in total. The van der Waals surface area contributed by atoms with E-state index < -0.39 is 0 Å². The summed E-state index contributed by atoms with van der Waals surface area (Å²) >= 11 is 0. The molecule has 0 saturated carbocycles. The molecule has 1 aliphatic heterocycles. The minimum Gasteiger partial charge on any atom is -0.507 e. The second kappa shape index (κ2) is 8.27. The first-order valence-corrected chi connectivity index (χ1v) is 10.5. The van der Waals surface area contributed by atoms with Crippen LogP contribution in [0.4, 0.5) is 5.69 Å². The van der Waals surface area contributed by atoms with E-state index in [0.717, 1.165) is 44.8 Å². The Labute approximate surface area is 187 Å². The van der Waals surface area contributed by atoms with Crippen LogP contribution in [0.3, 0.4) is 0 Å². The zero-order chi connectivity index (χ0) is 22.1. The number of methoxy groups -OCH3 is 2. The van der Waals surface area contributed by atoms with Crippen molar-refractivity contribution >= 4 is 22.2 Å². The number of aromatic hydroxyl groups is 1. The summed E-state index contributed by atoms with van der Waals surface area (Å²) in [5.41, 5.74) is 3.52. The summed E-state index contributed by atoms with van der Waals surface area (Å²) in [7, 11) is 3.33. The molecule has 0 fully saturated rings. The highest BCUT2D eigenvalue weighted by molar-refractivity contribution is 6.09. The van der Waals surface area contributed by atoms with Crippen LogP contribution in [0.2, 0.25) is 0 Å². The van der Waals surface area contributed by atoms with Gasteiger partial charge < -0.3 is 14.6 Å². The van der Waals surface area contributed by atoms with Gasteiger partial charge in [-0.15, -0.1) is 0 Å². The number of hydrogen-bond donors (Lipinski definition) is 1. The Hall–Kier alpha value is -3.99. The van der Waals surface area contributed by atoms with Crippen LogP contribution in [0.1, 0.15) is 23.6 Å². The molecule has 0 amide bonds. The Morgan fingerprint density at radius 2 is 1.69 bits per heavy atom. The zero-order valence-corrected chi connectivity index (χ0v) is 18.0. The number of rotatable bonds is 5. The Balaban J connectivity index is 1.64. The highest BCUT2D eigenvalue weighted by Crippen LogP contribution is 2.43. The van der Waals surface area contributed by atoms with Crippen molar-refractivity contribution in [3.63, 3.8) is 0 Å². The first-order valence-electron chi connectivity index (χ1n) is 10.5. The Kier molecular flexibility index (Phi) is 5.15. The predicted molar refractivity (Wildman–Crippen MR) is 128 cm³/mol. The lowest BCUT2D eigenvalue weighted by atomic mass is 9.95. The lowest BCUT2D eigenvalue weighted by Gasteiger charge is -2.25. The van der Waals surface area contributed by atoms with E-state index in [0.29, 0.717) is 6.42 Å². The number of benzene rings is 4. The Morgan fingerprint density at radius 3 is 2.53 bits per heavy atom. The monoisotopic (exact) mass is 424 g/mol. The van der Waals surface area contributed by atoms with E-state index in [4.69, 9.17) is 14.6 Å². The van der Waals surface area contributed by atoms with Gasteiger partial charge in [0.2, 0.25) is 0 Å². The van der Waals surface area contributed by atoms with E-state index in [1.165, 1.54) is 0 Å². The van der Waals surface area contributed by atoms with Gasteiger partial charge in [0.15, 0.2) is 0 Å². The van der Waals surface area contributed by atoms with E-state index in [1.807, 2.05) is 83.9 Å². The number of hydrogen-bond acceptors (Lipinski definition) is 5. The highest BCUT2D eigenvalue weighted by atomic mass is 16.5. The number of phenols is 1. The number of anilines is 1. The first-order chi connectivity index (χ1) is 15.7. The van der Waals surface area contributed by atoms with Crippen molar-refractivity contribution in [1.29, 1.82) is 0 Å². The third-order valence-corrected chi connectivity index (χ3v) is 5.93. The van der Waals surface area contributed by atoms with Crippen molar-refractivity contribution in [3.05, 3.63) is 96.1 Å². The fourth-order valence-electron chi connectivity index (χ4n) is 4.31. The van der Waals surface area contributed by atoms with Crippen molar-refractivity contribution in [2.24, 2.45) is 5.10 Å². The van der Waals surface area contributed by atoms with Crippen molar-refractivity contribution < 1.29 is 14.6 Å². The molecule has 0 bridgehead atoms. The molecule has 1 atom stereocenters. The summed E-state index contributed by atoms with van der Waals surface area (Å²) in [5.74, 6) is 1.80. The number of nitrogens with zero attached hydrogens (tertiary/aromatic N) is 2. The molecule has 160 valence electrons. The molecule has 0 saturated heterocycles. The number of fused-ring (bicyclic) bond motifs is 1. The summed E-state index contributed by atoms with van der Waals surface area (Å²) in [6.45, 7) is 0. The second-order valence-corrected chi connectivity index (χ2v) is 7.74. The van der Waals surface area contributed by atoms with Crippen LogP contribution in [0.15, 0.2) is 90.0 Å². The van der Waals surface area contributed by atoms with Crippen LogP contribution in [0, 0.1) is 0 Å². The minimum atomic E-state index is -0.0673. The SMILES string of the molecule is COc1cccc(C2CC(c3ccc4ccccc4c3O)=NN2c2ccccc2OC)c1. The van der Waals surface area contributed by atoms with Crippen LogP contribution in [-0.2, 0) is 0 Å². The fourth-order valence-corrected chi connectivity index (χ4v) is 4.31. The number of hydrazone groups is 1. The van der Waals surface area contributed by atoms with Crippen LogP contribution in [0.5, 0.6) is 17.2 Å². The van der Waals surface area contributed by atoms with Gasteiger partial charge in [-0.05, 0) is 41.3 Å². The lowest BCUT2D eigenvalue weighted by Crippen LogP contribution is -2.19. The molecular formula is C27H24N2O3. The third-order valence-electron chi connectivity index (χ3n) is 5.93. The molecule has 5 rings (SSSR count). The Bertz CT molecular complexity index is 1320. The molecule has 32 heavy (non-hydrogen) atoms. The van der Waals surface area contributed by atoms with Gasteiger partial charge in [-0.3, -0.25) is 5.01 Å². The average Bonchev–Trinajstić information content (AvgIpc) is 3.29. The smallest absolute Gasteiger partial charge is 0.144 e. The van der Waals surface area contributed by atoms with Crippen LogP contribution < -0.4 is 14.5 Å². The predicted octanol–water partition coefficient (Wildman–Crippen LogP) is 5.92. The van der Waals surface area contributed by atoms with Crippen LogP contribution in [-0.4, -0.2) is 25.0 Å². The molecule has 4 aromatic rings. The maximum absolute atomic E-state index is 11.1. The summed E-state index contributed by atoms with van der Waals surface area (Å²) in [5, 5.41) is 19.9. The summed E-state index contributed by atoms with van der Waals surface area (Å²) in [4.78, 5) is 0. The minimum absolute atomic E-state index is 0.0673. The van der Waals surface area contributed by atoms with Crippen molar-refractivity contribution in [1.82, 2.24) is 0 Å². The van der Waals surface area contributed by atoms with E-state index in [1.54, 1.807) is 14.2 Å². The van der Waals surface area contributed by atoms with Gasteiger partial charge in [-0.25, -0.2) is 0 Å². The number of ether oxygens (including phenoxy) is 2. The molecule has 0 aliphatic carbocycles. The molecular weight excluding hydrogens is 400 g/mol. The maximum Gasteiger partial charge on any atom is 0.144 e. The number of phenolic OH excluding ortho intramolecular Hbond substituents is 1. The van der Waals surface area contributed by atoms with Gasteiger partial charge >= 0.3 is 0 Å². The van der Waals surface area contributed by atoms with Crippen molar-refractivity contribution in [3.8, 4) is 17.2 Å². The summed E-state index contributed by atoms with van der Waals surface area (Å²) in [6.07, 6.45) is 0.636. The molecule has 5 heteroatoms. The van der Waals surface area contributed by atoms with Crippen molar-refractivity contribution in [2.45, 2.75) is 12.5 Å².